The Hall–Kier alpha value is -2.22. The largest absolute Gasteiger partial charge is 0.462 e. The molecule has 0 aliphatic rings. The molecule has 0 aliphatic carbocycles. The maximum absolute atomic E-state index is 13.9. The number of nitrogens with zero attached hydrogens (tertiary/aromatic N) is 2. The monoisotopic (exact) mass is 398 g/mol. The molecule has 0 unspecified atom stereocenters. The SMILES string of the molecule is CCCC(C)=Nc1c(C)c(-c2nccs2)cc(C(=O)OCC)c1C(F)(F)F. The molecule has 146 valence electrons. The number of hydrogen-bond donors (Lipinski definition) is 0. The molecule has 0 aliphatic heterocycles. The van der Waals surface area contributed by atoms with Gasteiger partial charge in [0, 0.05) is 22.9 Å². The third-order valence-corrected chi connectivity index (χ3v) is 4.72. The molecule has 27 heavy (non-hydrogen) atoms. The lowest BCUT2D eigenvalue weighted by Crippen LogP contribution is -2.17. The van der Waals surface area contributed by atoms with Gasteiger partial charge in [0.2, 0.25) is 0 Å². The molecule has 0 atom stereocenters. The van der Waals surface area contributed by atoms with Crippen molar-refractivity contribution >= 4 is 28.7 Å². The zero-order valence-corrected chi connectivity index (χ0v) is 16.4. The predicted octanol–water partition coefficient (Wildman–Crippen LogP) is 6.21. The number of benzene rings is 1. The quantitative estimate of drug-likeness (QED) is 0.430. The van der Waals surface area contributed by atoms with Gasteiger partial charge in [0.1, 0.15) is 5.01 Å². The number of carbonyl (C=O) groups is 1. The van der Waals surface area contributed by atoms with Crippen molar-refractivity contribution < 1.29 is 22.7 Å². The van der Waals surface area contributed by atoms with Crippen molar-refractivity contribution in [3.05, 3.63) is 34.3 Å². The Morgan fingerprint density at radius 1 is 1.33 bits per heavy atom. The molecular formula is C19H21F3N2O2S. The van der Waals surface area contributed by atoms with Crippen LogP contribution in [-0.2, 0) is 10.9 Å². The molecule has 8 heteroatoms. The van der Waals surface area contributed by atoms with Gasteiger partial charge in [-0.1, -0.05) is 13.3 Å². The predicted molar refractivity (Wildman–Crippen MR) is 101 cm³/mol. The minimum absolute atomic E-state index is 0.0238. The molecule has 4 nitrogen and oxygen atoms in total. The van der Waals surface area contributed by atoms with Crippen molar-refractivity contribution in [2.45, 2.75) is 46.7 Å². The summed E-state index contributed by atoms with van der Waals surface area (Å²) < 4.78 is 46.6. The lowest BCUT2D eigenvalue weighted by Gasteiger charge is -2.19. The molecule has 2 aromatic rings. The Bertz CT molecular complexity index is 844. The van der Waals surface area contributed by atoms with E-state index in [9.17, 15) is 18.0 Å². The van der Waals surface area contributed by atoms with Crippen molar-refractivity contribution in [1.82, 2.24) is 4.98 Å². The average molecular weight is 398 g/mol. The minimum Gasteiger partial charge on any atom is -0.462 e. The number of alkyl halides is 3. The normalized spacial score (nSPS) is 12.3. The van der Waals surface area contributed by atoms with Gasteiger partial charge in [0.25, 0.3) is 0 Å². The van der Waals surface area contributed by atoms with E-state index in [4.69, 9.17) is 4.74 Å². The number of esters is 1. The summed E-state index contributed by atoms with van der Waals surface area (Å²) in [7, 11) is 0. The highest BCUT2D eigenvalue weighted by Gasteiger charge is 2.40. The first-order valence-electron chi connectivity index (χ1n) is 8.56. The fourth-order valence-electron chi connectivity index (χ4n) is 2.75. The number of halogens is 3. The second kappa shape index (κ2) is 8.65. The van der Waals surface area contributed by atoms with E-state index < -0.39 is 23.3 Å². The Labute approximate surface area is 160 Å². The molecule has 0 N–H and O–H groups in total. The van der Waals surface area contributed by atoms with E-state index in [1.54, 1.807) is 32.3 Å². The molecule has 1 heterocycles. The van der Waals surface area contributed by atoms with Gasteiger partial charge in [-0.05, 0) is 38.8 Å². The molecular weight excluding hydrogens is 377 g/mol. The van der Waals surface area contributed by atoms with Crippen LogP contribution in [0.25, 0.3) is 10.6 Å². The van der Waals surface area contributed by atoms with Gasteiger partial charge in [-0.15, -0.1) is 11.3 Å². The maximum Gasteiger partial charge on any atom is 0.419 e. The first-order valence-corrected chi connectivity index (χ1v) is 9.44. The van der Waals surface area contributed by atoms with Crippen LogP contribution in [0.5, 0.6) is 0 Å². The van der Waals surface area contributed by atoms with Gasteiger partial charge < -0.3 is 4.74 Å². The summed E-state index contributed by atoms with van der Waals surface area (Å²) in [6.45, 7) is 6.70. The fourth-order valence-corrected chi connectivity index (χ4v) is 3.46. The Morgan fingerprint density at radius 2 is 2.04 bits per heavy atom. The van der Waals surface area contributed by atoms with Crippen LogP contribution in [0.15, 0.2) is 22.6 Å². The first-order chi connectivity index (χ1) is 12.7. The second-order valence-electron chi connectivity index (χ2n) is 5.97. The number of carbonyl (C=O) groups excluding carboxylic acids is 1. The summed E-state index contributed by atoms with van der Waals surface area (Å²) in [5, 5.41) is 2.25. The van der Waals surface area contributed by atoms with Gasteiger partial charge in [0.15, 0.2) is 0 Å². The smallest absolute Gasteiger partial charge is 0.419 e. The lowest BCUT2D eigenvalue weighted by molar-refractivity contribution is -0.137. The molecule has 1 aromatic carbocycles. The van der Waals surface area contributed by atoms with Crippen LogP contribution < -0.4 is 0 Å². The van der Waals surface area contributed by atoms with Gasteiger partial charge in [0.05, 0.1) is 23.4 Å². The molecule has 1 aromatic heterocycles. The van der Waals surface area contributed by atoms with Crippen LogP contribution in [0.3, 0.4) is 0 Å². The highest BCUT2D eigenvalue weighted by Crippen LogP contribution is 2.45. The van der Waals surface area contributed by atoms with Crippen molar-refractivity contribution in [1.29, 1.82) is 0 Å². The summed E-state index contributed by atoms with van der Waals surface area (Å²) in [6, 6.07) is 1.21. The molecule has 0 radical (unpaired) electrons. The molecule has 0 fully saturated rings. The standard InChI is InChI=1S/C19H21F3N2O2S/c1-5-7-11(3)24-16-12(4)13(17-23-8-9-27-17)10-14(18(25)26-6-2)15(16)19(20,21)22/h8-10H,5-7H2,1-4H3. The van der Waals surface area contributed by atoms with Gasteiger partial charge >= 0.3 is 12.1 Å². The van der Waals surface area contributed by atoms with Gasteiger partial charge in [-0.25, -0.2) is 9.78 Å². The minimum atomic E-state index is -4.75. The molecule has 0 saturated carbocycles. The van der Waals surface area contributed by atoms with Crippen molar-refractivity contribution in [2.75, 3.05) is 6.61 Å². The Kier molecular flexibility index (Phi) is 6.75. The number of aliphatic imine (C=N–C) groups is 1. The highest BCUT2D eigenvalue weighted by molar-refractivity contribution is 7.13. The first kappa shape index (κ1) is 21.1. The van der Waals surface area contributed by atoms with E-state index in [2.05, 4.69) is 9.98 Å². The summed E-state index contributed by atoms with van der Waals surface area (Å²) in [4.78, 5) is 20.8. The number of hydrogen-bond acceptors (Lipinski definition) is 5. The van der Waals surface area contributed by atoms with E-state index in [-0.39, 0.29) is 12.3 Å². The fraction of sp³-hybridized carbons (Fsp3) is 0.421. The zero-order chi connectivity index (χ0) is 20.2. The number of aromatic nitrogens is 1. The highest BCUT2D eigenvalue weighted by atomic mass is 32.1. The van der Waals surface area contributed by atoms with Crippen LogP contribution in [0.1, 0.15) is 55.1 Å². The van der Waals surface area contributed by atoms with E-state index in [0.717, 1.165) is 6.42 Å². The van der Waals surface area contributed by atoms with Crippen molar-refractivity contribution in [3.8, 4) is 10.6 Å². The Morgan fingerprint density at radius 3 is 2.56 bits per heavy atom. The summed E-state index contributed by atoms with van der Waals surface area (Å²) in [5.41, 5.74) is -0.497. The maximum atomic E-state index is 13.9. The third-order valence-electron chi connectivity index (χ3n) is 3.91. The number of thiazole rings is 1. The van der Waals surface area contributed by atoms with Crippen LogP contribution in [0.2, 0.25) is 0 Å². The summed E-state index contributed by atoms with van der Waals surface area (Å²) >= 11 is 1.28. The summed E-state index contributed by atoms with van der Waals surface area (Å²) in [5.74, 6) is -1.02. The molecule has 2 rings (SSSR count). The van der Waals surface area contributed by atoms with E-state index in [0.29, 0.717) is 28.3 Å². The topological polar surface area (TPSA) is 51.5 Å². The van der Waals surface area contributed by atoms with E-state index in [1.165, 1.54) is 17.4 Å². The molecule has 0 bridgehead atoms. The molecule has 0 spiro atoms. The summed E-state index contributed by atoms with van der Waals surface area (Å²) in [6.07, 6.45) is -1.87. The zero-order valence-electron chi connectivity index (χ0n) is 15.6. The molecule has 0 saturated heterocycles. The number of ether oxygens (including phenoxy) is 1. The van der Waals surface area contributed by atoms with Crippen LogP contribution in [-0.4, -0.2) is 23.3 Å². The van der Waals surface area contributed by atoms with Gasteiger partial charge in [-0.3, -0.25) is 4.99 Å². The molecule has 0 amide bonds. The van der Waals surface area contributed by atoms with Crippen LogP contribution >= 0.6 is 11.3 Å². The van der Waals surface area contributed by atoms with Crippen LogP contribution in [0, 0.1) is 6.92 Å². The van der Waals surface area contributed by atoms with Gasteiger partial charge in [-0.2, -0.15) is 13.2 Å². The average Bonchev–Trinajstić information content (AvgIpc) is 3.10. The second-order valence-corrected chi connectivity index (χ2v) is 6.87. The number of rotatable bonds is 6. The lowest BCUT2D eigenvalue weighted by atomic mass is 9.95. The Balaban J connectivity index is 2.88. The van der Waals surface area contributed by atoms with Crippen molar-refractivity contribution in [2.24, 2.45) is 4.99 Å². The van der Waals surface area contributed by atoms with E-state index in [1.807, 2.05) is 6.92 Å². The van der Waals surface area contributed by atoms with E-state index >= 15 is 0 Å². The third kappa shape index (κ3) is 4.74. The van der Waals surface area contributed by atoms with Crippen LogP contribution in [0.4, 0.5) is 18.9 Å². The van der Waals surface area contributed by atoms with Crippen molar-refractivity contribution in [3.63, 3.8) is 0 Å².